The molecule has 0 unspecified atom stereocenters. The summed E-state index contributed by atoms with van der Waals surface area (Å²) < 4.78 is 0. The lowest BCUT2D eigenvalue weighted by molar-refractivity contribution is -0.140. The molecule has 17 heavy (non-hydrogen) atoms. The molecule has 0 heterocycles. The van der Waals surface area contributed by atoms with Crippen LogP contribution >= 0.6 is 0 Å². The van der Waals surface area contributed by atoms with E-state index in [-0.39, 0.29) is 25.4 Å². The Balaban J connectivity index is 4.33. The molecule has 5 heteroatoms. The van der Waals surface area contributed by atoms with Gasteiger partial charge in [0.1, 0.15) is 0 Å². The van der Waals surface area contributed by atoms with E-state index < -0.39 is 11.4 Å². The molecule has 0 aliphatic heterocycles. The van der Waals surface area contributed by atoms with E-state index in [2.05, 4.69) is 0 Å². The minimum Gasteiger partial charge on any atom is -0.481 e. The number of aliphatic carboxylic acids is 1. The highest BCUT2D eigenvalue weighted by atomic mass is 16.4. The smallest absolute Gasteiger partial charge is 0.303 e. The first-order chi connectivity index (χ1) is 7.82. The second-order valence-electron chi connectivity index (χ2n) is 4.96. The van der Waals surface area contributed by atoms with Crippen LogP contribution in [0.1, 0.15) is 40.0 Å². The van der Waals surface area contributed by atoms with Gasteiger partial charge in [-0.1, -0.05) is 13.8 Å². The first-order valence-electron chi connectivity index (χ1n) is 5.93. The lowest BCUT2D eigenvalue weighted by Gasteiger charge is -2.27. The van der Waals surface area contributed by atoms with Gasteiger partial charge in [0.05, 0.1) is 6.42 Å². The van der Waals surface area contributed by atoms with E-state index in [1.165, 1.54) is 0 Å². The Hall–Kier alpha value is -1.10. The Morgan fingerprint density at radius 3 is 2.24 bits per heavy atom. The Kier molecular flexibility index (Phi) is 6.80. The maximum atomic E-state index is 11.9. The third-order valence-electron chi connectivity index (χ3n) is 2.58. The molecule has 100 valence electrons. The van der Waals surface area contributed by atoms with Crippen LogP contribution in [0.4, 0.5) is 0 Å². The van der Waals surface area contributed by atoms with Crippen LogP contribution in [-0.4, -0.2) is 46.7 Å². The molecule has 0 rings (SSSR count). The van der Waals surface area contributed by atoms with Gasteiger partial charge in [-0.05, 0) is 18.8 Å². The highest BCUT2D eigenvalue weighted by molar-refractivity contribution is 5.78. The standard InChI is InChI=1S/C12H23NO4/c1-4-13(6-5-7-14)10(15)8-12(2,3)9-11(16)17/h14H,4-9H2,1-3H3,(H,16,17). The Bertz CT molecular complexity index is 263. The van der Waals surface area contributed by atoms with Crippen molar-refractivity contribution in [3.8, 4) is 0 Å². The van der Waals surface area contributed by atoms with Gasteiger partial charge in [0.15, 0.2) is 0 Å². The van der Waals surface area contributed by atoms with Crippen LogP contribution in [0.15, 0.2) is 0 Å². The second kappa shape index (κ2) is 7.27. The first-order valence-corrected chi connectivity index (χ1v) is 5.93. The maximum absolute atomic E-state index is 11.9. The van der Waals surface area contributed by atoms with Crippen molar-refractivity contribution < 1.29 is 19.8 Å². The van der Waals surface area contributed by atoms with E-state index in [4.69, 9.17) is 10.2 Å². The van der Waals surface area contributed by atoms with Crippen molar-refractivity contribution in [2.75, 3.05) is 19.7 Å². The quantitative estimate of drug-likeness (QED) is 0.671. The monoisotopic (exact) mass is 245 g/mol. The van der Waals surface area contributed by atoms with Gasteiger partial charge < -0.3 is 15.1 Å². The summed E-state index contributed by atoms with van der Waals surface area (Å²) in [6.07, 6.45) is 0.758. The summed E-state index contributed by atoms with van der Waals surface area (Å²) in [5.74, 6) is -0.937. The molecule has 2 N–H and O–H groups in total. The maximum Gasteiger partial charge on any atom is 0.303 e. The van der Waals surface area contributed by atoms with E-state index in [9.17, 15) is 9.59 Å². The van der Waals surface area contributed by atoms with E-state index >= 15 is 0 Å². The molecule has 0 aliphatic rings. The minimum atomic E-state index is -0.888. The van der Waals surface area contributed by atoms with Crippen molar-refractivity contribution in [3.63, 3.8) is 0 Å². The van der Waals surface area contributed by atoms with Crippen molar-refractivity contribution in [2.45, 2.75) is 40.0 Å². The summed E-state index contributed by atoms with van der Waals surface area (Å²) in [5.41, 5.74) is -0.532. The number of rotatable bonds is 8. The molecule has 0 bridgehead atoms. The lowest BCUT2D eigenvalue weighted by atomic mass is 9.85. The molecule has 0 saturated carbocycles. The van der Waals surface area contributed by atoms with Crippen LogP contribution < -0.4 is 0 Å². The molecule has 0 fully saturated rings. The van der Waals surface area contributed by atoms with Crippen LogP contribution in [0.5, 0.6) is 0 Å². The highest BCUT2D eigenvalue weighted by Crippen LogP contribution is 2.25. The summed E-state index contributed by atoms with van der Waals surface area (Å²) in [7, 11) is 0. The van der Waals surface area contributed by atoms with E-state index in [1.54, 1.807) is 18.7 Å². The number of hydrogen-bond acceptors (Lipinski definition) is 3. The molecule has 5 nitrogen and oxygen atoms in total. The Labute approximate surface area is 102 Å². The summed E-state index contributed by atoms with van der Waals surface area (Å²) >= 11 is 0. The summed E-state index contributed by atoms with van der Waals surface area (Å²) in [5, 5.41) is 17.5. The second-order valence-corrected chi connectivity index (χ2v) is 4.96. The fraction of sp³-hybridized carbons (Fsp3) is 0.833. The fourth-order valence-corrected chi connectivity index (χ4v) is 1.71. The van der Waals surface area contributed by atoms with Gasteiger partial charge in [-0.15, -0.1) is 0 Å². The van der Waals surface area contributed by atoms with Gasteiger partial charge in [0, 0.05) is 26.1 Å². The molecule has 0 aromatic heterocycles. The van der Waals surface area contributed by atoms with Gasteiger partial charge in [0.2, 0.25) is 5.91 Å². The molecule has 0 radical (unpaired) electrons. The summed E-state index contributed by atoms with van der Waals surface area (Å²) in [6, 6.07) is 0. The van der Waals surface area contributed by atoms with Gasteiger partial charge in [-0.3, -0.25) is 9.59 Å². The van der Waals surface area contributed by atoms with Gasteiger partial charge >= 0.3 is 5.97 Å². The molecular weight excluding hydrogens is 222 g/mol. The minimum absolute atomic E-state index is 0.0176. The molecule has 0 atom stereocenters. The Morgan fingerprint density at radius 2 is 1.82 bits per heavy atom. The van der Waals surface area contributed by atoms with E-state index in [1.807, 2.05) is 6.92 Å². The molecule has 0 aliphatic carbocycles. The van der Waals surface area contributed by atoms with Crippen LogP contribution in [0.2, 0.25) is 0 Å². The number of hydrogen-bond donors (Lipinski definition) is 2. The average molecular weight is 245 g/mol. The highest BCUT2D eigenvalue weighted by Gasteiger charge is 2.27. The number of nitrogens with zero attached hydrogens (tertiary/aromatic N) is 1. The number of aliphatic hydroxyl groups is 1. The SMILES string of the molecule is CCN(CCCO)C(=O)CC(C)(C)CC(=O)O. The fourth-order valence-electron chi connectivity index (χ4n) is 1.71. The average Bonchev–Trinajstić information content (AvgIpc) is 2.15. The van der Waals surface area contributed by atoms with Crippen molar-refractivity contribution in [1.29, 1.82) is 0 Å². The van der Waals surface area contributed by atoms with Crippen LogP contribution in [0.3, 0.4) is 0 Å². The van der Waals surface area contributed by atoms with E-state index in [0.717, 1.165) is 0 Å². The number of aliphatic hydroxyl groups excluding tert-OH is 1. The van der Waals surface area contributed by atoms with Gasteiger partial charge in [0.25, 0.3) is 0 Å². The lowest BCUT2D eigenvalue weighted by Crippen LogP contribution is -2.35. The van der Waals surface area contributed by atoms with E-state index in [0.29, 0.717) is 19.5 Å². The number of amides is 1. The molecule has 0 saturated heterocycles. The zero-order valence-electron chi connectivity index (χ0n) is 10.9. The predicted octanol–water partition coefficient (Wildman–Crippen LogP) is 1.11. The first kappa shape index (κ1) is 15.9. The number of carbonyl (C=O) groups excluding carboxylic acids is 1. The number of carbonyl (C=O) groups is 2. The number of carboxylic acids is 1. The molecule has 0 aromatic carbocycles. The topological polar surface area (TPSA) is 77.8 Å². The third kappa shape index (κ3) is 6.94. The third-order valence-corrected chi connectivity index (χ3v) is 2.58. The predicted molar refractivity (Wildman–Crippen MR) is 64.6 cm³/mol. The zero-order valence-corrected chi connectivity index (χ0v) is 10.9. The van der Waals surface area contributed by atoms with Crippen LogP contribution in [0.25, 0.3) is 0 Å². The van der Waals surface area contributed by atoms with Crippen molar-refractivity contribution >= 4 is 11.9 Å². The van der Waals surface area contributed by atoms with Gasteiger partial charge in [-0.25, -0.2) is 0 Å². The summed E-state index contributed by atoms with van der Waals surface area (Å²) in [6.45, 7) is 6.59. The van der Waals surface area contributed by atoms with Crippen molar-refractivity contribution in [3.05, 3.63) is 0 Å². The molecule has 0 aromatic rings. The Morgan fingerprint density at radius 1 is 1.24 bits per heavy atom. The van der Waals surface area contributed by atoms with Crippen molar-refractivity contribution in [2.24, 2.45) is 5.41 Å². The number of carboxylic acid groups (broad SMARTS) is 1. The normalized spacial score (nSPS) is 11.3. The molecule has 0 spiro atoms. The molecule has 1 amide bonds. The van der Waals surface area contributed by atoms with Crippen LogP contribution in [-0.2, 0) is 9.59 Å². The zero-order chi connectivity index (χ0) is 13.5. The van der Waals surface area contributed by atoms with Crippen LogP contribution in [0, 0.1) is 5.41 Å². The van der Waals surface area contributed by atoms with Crippen molar-refractivity contribution in [1.82, 2.24) is 4.90 Å². The van der Waals surface area contributed by atoms with Gasteiger partial charge in [-0.2, -0.15) is 0 Å². The molecular formula is C12H23NO4. The summed E-state index contributed by atoms with van der Waals surface area (Å²) in [4.78, 5) is 24.2. The largest absolute Gasteiger partial charge is 0.481 e.